The van der Waals surface area contributed by atoms with E-state index in [0.717, 1.165) is 25.9 Å². The van der Waals surface area contributed by atoms with E-state index in [1.165, 1.54) is 6.42 Å². The van der Waals surface area contributed by atoms with E-state index in [4.69, 9.17) is 10.9 Å². The van der Waals surface area contributed by atoms with E-state index in [2.05, 4.69) is 10.5 Å². The van der Waals surface area contributed by atoms with Gasteiger partial charge in [0.05, 0.1) is 6.54 Å². The van der Waals surface area contributed by atoms with Gasteiger partial charge in [-0.05, 0) is 19.3 Å². The number of piperidine rings is 1. The van der Waals surface area contributed by atoms with Crippen LogP contribution in [0.5, 0.6) is 0 Å². The normalized spacial score (nSPS) is 19.1. The number of nitrogens with two attached hydrogens (primary N) is 1. The van der Waals surface area contributed by atoms with Gasteiger partial charge in [0, 0.05) is 25.6 Å². The summed E-state index contributed by atoms with van der Waals surface area (Å²) in [5.41, 5.74) is 5.44. The first-order valence-corrected chi connectivity index (χ1v) is 6.11. The zero-order valence-electron chi connectivity index (χ0n) is 10.4. The molecule has 1 aliphatic rings. The average Bonchev–Trinajstić information content (AvgIpc) is 2.38. The van der Waals surface area contributed by atoms with Crippen LogP contribution in [0.4, 0.5) is 0 Å². The van der Waals surface area contributed by atoms with Gasteiger partial charge >= 0.3 is 0 Å². The Morgan fingerprint density at radius 2 is 2.12 bits per heavy atom. The Bertz CT molecular complexity index is 275. The van der Waals surface area contributed by atoms with Gasteiger partial charge < -0.3 is 21.2 Å². The van der Waals surface area contributed by atoms with Crippen molar-refractivity contribution in [3.8, 4) is 0 Å². The maximum absolute atomic E-state index is 11.8. The topological polar surface area (TPSA) is 91.0 Å². The number of rotatable bonds is 5. The van der Waals surface area contributed by atoms with Gasteiger partial charge in [-0.2, -0.15) is 0 Å². The summed E-state index contributed by atoms with van der Waals surface area (Å²) in [6.07, 6.45) is 3.43. The van der Waals surface area contributed by atoms with Crippen LogP contribution in [0.1, 0.15) is 26.2 Å². The van der Waals surface area contributed by atoms with Gasteiger partial charge in [0.1, 0.15) is 5.84 Å². The van der Waals surface area contributed by atoms with E-state index in [-0.39, 0.29) is 17.7 Å². The number of nitrogens with one attached hydrogen (secondary N) is 1. The minimum atomic E-state index is -0.0749. The van der Waals surface area contributed by atoms with Gasteiger partial charge in [0.15, 0.2) is 0 Å². The van der Waals surface area contributed by atoms with Crippen molar-refractivity contribution in [3.63, 3.8) is 0 Å². The van der Waals surface area contributed by atoms with Crippen LogP contribution in [-0.2, 0) is 4.79 Å². The van der Waals surface area contributed by atoms with Crippen LogP contribution in [0.15, 0.2) is 5.16 Å². The highest BCUT2D eigenvalue weighted by Gasteiger charge is 2.16. The predicted molar refractivity (Wildman–Crippen MR) is 65.9 cm³/mol. The third-order valence-electron chi connectivity index (χ3n) is 3.06. The number of amidine groups is 1. The van der Waals surface area contributed by atoms with E-state index in [9.17, 15) is 4.79 Å². The van der Waals surface area contributed by atoms with Crippen molar-refractivity contribution in [3.05, 3.63) is 0 Å². The average molecular weight is 242 g/mol. The molecule has 1 heterocycles. The van der Waals surface area contributed by atoms with Crippen molar-refractivity contribution in [1.82, 2.24) is 10.2 Å². The number of carbonyl (C=O) groups excluding carboxylic acids is 1. The highest BCUT2D eigenvalue weighted by Crippen LogP contribution is 2.08. The number of carbonyl (C=O) groups is 1. The molecule has 0 saturated carbocycles. The van der Waals surface area contributed by atoms with Crippen LogP contribution in [0.25, 0.3) is 0 Å². The van der Waals surface area contributed by atoms with E-state index >= 15 is 0 Å². The predicted octanol–water partition coefficient (Wildman–Crippen LogP) is -0.0290. The molecule has 0 bridgehead atoms. The van der Waals surface area contributed by atoms with Crippen LogP contribution < -0.4 is 11.1 Å². The van der Waals surface area contributed by atoms with Gasteiger partial charge in [0.25, 0.3) is 0 Å². The Morgan fingerprint density at radius 3 is 2.71 bits per heavy atom. The second kappa shape index (κ2) is 7.11. The van der Waals surface area contributed by atoms with Gasteiger partial charge in [-0.3, -0.25) is 4.79 Å². The number of hydrogen-bond acceptors (Lipinski definition) is 4. The molecule has 1 saturated heterocycles. The fourth-order valence-corrected chi connectivity index (χ4v) is 1.85. The van der Waals surface area contributed by atoms with Crippen LogP contribution in [-0.4, -0.2) is 48.0 Å². The summed E-state index contributed by atoms with van der Waals surface area (Å²) in [6.45, 7) is 4.44. The van der Waals surface area contributed by atoms with E-state index < -0.39 is 0 Å². The Labute approximate surface area is 102 Å². The zero-order chi connectivity index (χ0) is 12.7. The van der Waals surface area contributed by atoms with E-state index in [1.807, 2.05) is 11.8 Å². The molecular formula is C11H22N4O2. The lowest BCUT2D eigenvalue weighted by Gasteiger charge is -2.27. The summed E-state index contributed by atoms with van der Waals surface area (Å²) in [4.78, 5) is 13.7. The molecule has 6 heteroatoms. The van der Waals surface area contributed by atoms with Crippen molar-refractivity contribution in [1.29, 1.82) is 0 Å². The molecule has 6 nitrogen and oxygen atoms in total. The number of amides is 1. The lowest BCUT2D eigenvalue weighted by Crippen LogP contribution is -2.42. The highest BCUT2D eigenvalue weighted by molar-refractivity contribution is 5.82. The summed E-state index contributed by atoms with van der Waals surface area (Å²) in [7, 11) is 0. The smallest absolute Gasteiger partial charge is 0.236 e. The molecule has 0 aromatic heterocycles. The summed E-state index contributed by atoms with van der Waals surface area (Å²) in [5, 5.41) is 14.4. The monoisotopic (exact) mass is 242 g/mol. The Kier molecular flexibility index (Phi) is 5.76. The SMILES string of the molecule is CC(CNCC(=O)N1CCCCC1)C(N)=NO. The maximum Gasteiger partial charge on any atom is 0.236 e. The van der Waals surface area contributed by atoms with Crippen LogP contribution in [0, 0.1) is 5.92 Å². The highest BCUT2D eigenvalue weighted by atomic mass is 16.4. The van der Waals surface area contributed by atoms with Crippen molar-refractivity contribution >= 4 is 11.7 Å². The van der Waals surface area contributed by atoms with Gasteiger partial charge in [-0.1, -0.05) is 12.1 Å². The molecule has 0 aromatic carbocycles. The number of oxime groups is 1. The Balaban J connectivity index is 2.19. The molecule has 0 radical (unpaired) electrons. The van der Waals surface area contributed by atoms with Crippen LogP contribution in [0.2, 0.25) is 0 Å². The molecule has 0 spiro atoms. The van der Waals surface area contributed by atoms with Gasteiger partial charge in [-0.15, -0.1) is 0 Å². The summed E-state index contributed by atoms with van der Waals surface area (Å²) in [5.74, 6) is 0.244. The summed E-state index contributed by atoms with van der Waals surface area (Å²) >= 11 is 0. The van der Waals surface area contributed by atoms with Crippen molar-refractivity contribution in [2.45, 2.75) is 26.2 Å². The first-order chi connectivity index (χ1) is 8.15. The molecule has 98 valence electrons. The number of likely N-dealkylation sites (tertiary alicyclic amines) is 1. The first kappa shape index (κ1) is 13.8. The number of nitrogens with zero attached hydrogens (tertiary/aromatic N) is 2. The molecule has 4 N–H and O–H groups in total. The Hall–Kier alpha value is -1.30. The fourth-order valence-electron chi connectivity index (χ4n) is 1.85. The largest absolute Gasteiger partial charge is 0.409 e. The molecule has 17 heavy (non-hydrogen) atoms. The molecular weight excluding hydrogens is 220 g/mol. The molecule has 0 aromatic rings. The molecule has 1 unspecified atom stereocenters. The van der Waals surface area contributed by atoms with Crippen molar-refractivity contribution < 1.29 is 10.0 Å². The number of hydrogen-bond donors (Lipinski definition) is 3. The molecule has 1 rings (SSSR count). The standard InChI is InChI=1S/C11H22N4O2/c1-9(11(12)14-17)7-13-8-10(16)15-5-3-2-4-6-15/h9,13,17H,2-8H2,1H3,(H2,12,14). The van der Waals surface area contributed by atoms with Crippen molar-refractivity contribution in [2.24, 2.45) is 16.8 Å². The van der Waals surface area contributed by atoms with Gasteiger partial charge in [0.2, 0.25) is 5.91 Å². The molecule has 1 amide bonds. The minimum Gasteiger partial charge on any atom is -0.409 e. The Morgan fingerprint density at radius 1 is 1.47 bits per heavy atom. The lowest BCUT2D eigenvalue weighted by molar-refractivity contribution is -0.131. The maximum atomic E-state index is 11.8. The second-order valence-electron chi connectivity index (χ2n) is 4.50. The van der Waals surface area contributed by atoms with Gasteiger partial charge in [-0.25, -0.2) is 0 Å². The minimum absolute atomic E-state index is 0.0749. The summed E-state index contributed by atoms with van der Waals surface area (Å²) < 4.78 is 0. The quantitative estimate of drug-likeness (QED) is 0.273. The van der Waals surface area contributed by atoms with Crippen molar-refractivity contribution in [2.75, 3.05) is 26.2 Å². The fraction of sp³-hybridized carbons (Fsp3) is 0.818. The molecule has 1 aliphatic heterocycles. The second-order valence-corrected chi connectivity index (χ2v) is 4.50. The van der Waals surface area contributed by atoms with Crippen LogP contribution >= 0.6 is 0 Å². The summed E-state index contributed by atoms with van der Waals surface area (Å²) in [6, 6.07) is 0. The van der Waals surface area contributed by atoms with E-state index in [1.54, 1.807) is 0 Å². The third-order valence-corrected chi connectivity index (χ3v) is 3.06. The van der Waals surface area contributed by atoms with E-state index in [0.29, 0.717) is 13.1 Å². The molecule has 1 fully saturated rings. The first-order valence-electron chi connectivity index (χ1n) is 6.11. The molecule has 0 aliphatic carbocycles. The van der Waals surface area contributed by atoms with Crippen LogP contribution in [0.3, 0.4) is 0 Å². The zero-order valence-corrected chi connectivity index (χ0v) is 10.4. The third kappa shape index (κ3) is 4.60. The molecule has 1 atom stereocenters. The lowest BCUT2D eigenvalue weighted by atomic mass is 10.1.